The lowest BCUT2D eigenvalue weighted by atomic mass is 9.76. The van der Waals surface area contributed by atoms with Gasteiger partial charge < -0.3 is 14.8 Å². The SMILES string of the molecule is CCOC(=O)OC1=C(c2cc(C)c(-c3ccc(Cl)cc3)cc2Cl)C(=O)NC12CCC(C)CC2. The Labute approximate surface area is 204 Å². The van der Waals surface area contributed by atoms with Crippen LogP contribution in [0.5, 0.6) is 0 Å². The summed E-state index contributed by atoms with van der Waals surface area (Å²) in [5.41, 5.74) is 2.96. The smallest absolute Gasteiger partial charge is 0.434 e. The van der Waals surface area contributed by atoms with Crippen LogP contribution in [0.15, 0.2) is 42.2 Å². The minimum Gasteiger partial charge on any atom is -0.434 e. The van der Waals surface area contributed by atoms with Crippen LogP contribution in [-0.2, 0) is 14.3 Å². The molecule has 174 valence electrons. The van der Waals surface area contributed by atoms with Crippen molar-refractivity contribution in [1.82, 2.24) is 5.32 Å². The Balaban J connectivity index is 1.82. The molecule has 1 aliphatic carbocycles. The second-order valence-corrected chi connectivity index (χ2v) is 9.71. The van der Waals surface area contributed by atoms with Crippen molar-refractivity contribution in [2.45, 2.75) is 52.0 Å². The number of hydrogen-bond acceptors (Lipinski definition) is 4. The van der Waals surface area contributed by atoms with Crippen molar-refractivity contribution in [2.75, 3.05) is 6.61 Å². The number of carbonyl (C=O) groups excluding carboxylic acids is 2. The zero-order valence-corrected chi connectivity index (χ0v) is 20.5. The van der Waals surface area contributed by atoms with Crippen molar-refractivity contribution in [3.8, 4) is 11.1 Å². The lowest BCUT2D eigenvalue weighted by molar-refractivity contribution is -0.116. The minimum absolute atomic E-state index is 0.183. The molecule has 0 saturated heterocycles. The highest BCUT2D eigenvalue weighted by Crippen LogP contribution is 2.46. The molecule has 1 N–H and O–H groups in total. The van der Waals surface area contributed by atoms with Crippen molar-refractivity contribution in [3.63, 3.8) is 0 Å². The molecular weight excluding hydrogens is 461 g/mol. The van der Waals surface area contributed by atoms with Gasteiger partial charge in [-0.2, -0.15) is 0 Å². The molecule has 0 atom stereocenters. The Bertz CT molecular complexity index is 1120. The maximum Gasteiger partial charge on any atom is 0.513 e. The standard InChI is InChI=1S/C26H27Cl2NO4/c1-4-32-25(31)33-23-22(24(30)29-26(23)11-9-15(2)10-12-26)20-13-16(3)19(14-21(20)28)17-5-7-18(27)8-6-17/h5-8,13-15H,4,9-12H2,1-3H3,(H,29,30). The van der Waals surface area contributed by atoms with Crippen LogP contribution in [0.3, 0.4) is 0 Å². The van der Waals surface area contributed by atoms with Crippen LogP contribution >= 0.6 is 23.2 Å². The van der Waals surface area contributed by atoms with E-state index in [1.54, 1.807) is 6.92 Å². The maximum atomic E-state index is 13.3. The molecule has 4 rings (SSSR count). The van der Waals surface area contributed by atoms with Crippen molar-refractivity contribution in [1.29, 1.82) is 0 Å². The molecule has 2 aromatic rings. The second-order valence-electron chi connectivity index (χ2n) is 8.86. The molecule has 2 aliphatic rings. The Kier molecular flexibility index (Phi) is 6.73. The normalized spacial score (nSPS) is 22.5. The minimum atomic E-state index is -0.815. The van der Waals surface area contributed by atoms with E-state index in [9.17, 15) is 9.59 Å². The topological polar surface area (TPSA) is 64.6 Å². The number of aryl methyl sites for hydroxylation is 1. The first-order valence-electron chi connectivity index (χ1n) is 11.2. The Morgan fingerprint density at radius 2 is 1.79 bits per heavy atom. The van der Waals surface area contributed by atoms with Crippen LogP contribution in [0.1, 0.15) is 50.7 Å². The fourth-order valence-corrected chi connectivity index (χ4v) is 5.11. The molecule has 1 aliphatic heterocycles. The van der Waals surface area contributed by atoms with Gasteiger partial charge in [-0.3, -0.25) is 4.79 Å². The van der Waals surface area contributed by atoms with Crippen LogP contribution in [0.2, 0.25) is 10.0 Å². The van der Waals surface area contributed by atoms with Crippen LogP contribution in [-0.4, -0.2) is 24.2 Å². The third-order valence-electron chi connectivity index (χ3n) is 6.56. The molecule has 0 radical (unpaired) electrons. The average Bonchev–Trinajstić information content (AvgIpc) is 3.03. The van der Waals surface area contributed by atoms with Crippen molar-refractivity contribution >= 4 is 40.8 Å². The van der Waals surface area contributed by atoms with Gasteiger partial charge in [-0.1, -0.05) is 42.3 Å². The average molecular weight is 488 g/mol. The number of nitrogens with one attached hydrogen (secondary N) is 1. The molecule has 1 spiro atoms. The summed E-state index contributed by atoms with van der Waals surface area (Å²) >= 11 is 12.8. The summed E-state index contributed by atoms with van der Waals surface area (Å²) < 4.78 is 10.7. The number of benzene rings is 2. The van der Waals surface area contributed by atoms with Gasteiger partial charge in [0.15, 0.2) is 5.76 Å². The van der Waals surface area contributed by atoms with Gasteiger partial charge in [0, 0.05) is 15.6 Å². The quantitative estimate of drug-likeness (QED) is 0.474. The highest BCUT2D eigenvalue weighted by atomic mass is 35.5. The predicted octanol–water partition coefficient (Wildman–Crippen LogP) is 6.93. The highest BCUT2D eigenvalue weighted by Gasteiger charge is 2.50. The first kappa shape index (κ1) is 23.7. The zero-order valence-electron chi connectivity index (χ0n) is 19.0. The van der Waals surface area contributed by atoms with E-state index < -0.39 is 11.7 Å². The third-order valence-corrected chi connectivity index (χ3v) is 7.12. The molecule has 33 heavy (non-hydrogen) atoms. The summed E-state index contributed by atoms with van der Waals surface area (Å²) in [4.78, 5) is 25.6. The maximum absolute atomic E-state index is 13.3. The molecule has 1 saturated carbocycles. The van der Waals surface area contributed by atoms with Crippen molar-refractivity contribution in [2.24, 2.45) is 5.92 Å². The molecule has 2 aromatic carbocycles. The largest absolute Gasteiger partial charge is 0.513 e. The van der Waals surface area contributed by atoms with Gasteiger partial charge in [-0.05, 0) is 86.4 Å². The van der Waals surface area contributed by atoms with Gasteiger partial charge in [0.2, 0.25) is 0 Å². The van der Waals surface area contributed by atoms with Gasteiger partial charge in [-0.15, -0.1) is 0 Å². The van der Waals surface area contributed by atoms with Crippen LogP contribution < -0.4 is 5.32 Å². The van der Waals surface area contributed by atoms with Gasteiger partial charge in [0.1, 0.15) is 0 Å². The molecule has 0 bridgehead atoms. The van der Waals surface area contributed by atoms with Crippen LogP contribution in [0.4, 0.5) is 4.79 Å². The summed E-state index contributed by atoms with van der Waals surface area (Å²) in [6.07, 6.45) is 2.41. The Morgan fingerprint density at radius 3 is 2.42 bits per heavy atom. The van der Waals surface area contributed by atoms with Crippen molar-refractivity contribution < 1.29 is 19.1 Å². The van der Waals surface area contributed by atoms with Gasteiger partial charge in [0.05, 0.1) is 17.7 Å². The molecule has 0 unspecified atom stereocenters. The fraction of sp³-hybridized carbons (Fsp3) is 0.385. The summed E-state index contributed by atoms with van der Waals surface area (Å²) in [7, 11) is 0. The van der Waals surface area contributed by atoms with E-state index in [1.807, 2.05) is 43.3 Å². The van der Waals surface area contributed by atoms with Gasteiger partial charge in [0.25, 0.3) is 5.91 Å². The number of amides is 1. The Hall–Kier alpha value is -2.50. The number of carbonyl (C=O) groups is 2. The molecule has 7 heteroatoms. The number of halogens is 2. The fourth-order valence-electron chi connectivity index (χ4n) is 4.72. The van der Waals surface area contributed by atoms with Crippen LogP contribution in [0, 0.1) is 12.8 Å². The summed E-state index contributed by atoms with van der Waals surface area (Å²) in [5, 5.41) is 4.17. The van der Waals surface area contributed by atoms with Crippen LogP contribution in [0.25, 0.3) is 16.7 Å². The van der Waals surface area contributed by atoms with E-state index in [-0.39, 0.29) is 12.5 Å². The molecular formula is C26H27Cl2NO4. The lowest BCUT2D eigenvalue weighted by Crippen LogP contribution is -2.47. The molecule has 1 amide bonds. The molecule has 5 nitrogen and oxygen atoms in total. The third kappa shape index (κ3) is 4.62. The second kappa shape index (κ2) is 9.40. The van der Waals surface area contributed by atoms with Crippen molar-refractivity contribution in [3.05, 3.63) is 63.3 Å². The van der Waals surface area contributed by atoms with E-state index in [2.05, 4.69) is 12.2 Å². The van der Waals surface area contributed by atoms with E-state index in [0.29, 0.717) is 45.7 Å². The predicted molar refractivity (Wildman–Crippen MR) is 130 cm³/mol. The summed E-state index contributed by atoms with van der Waals surface area (Å²) in [6, 6.07) is 11.2. The van der Waals surface area contributed by atoms with Gasteiger partial charge >= 0.3 is 6.16 Å². The molecule has 1 fully saturated rings. The number of rotatable bonds is 4. The first-order chi connectivity index (χ1) is 15.7. The number of hydrogen-bond donors (Lipinski definition) is 1. The highest BCUT2D eigenvalue weighted by molar-refractivity contribution is 6.36. The van der Waals surface area contributed by atoms with E-state index in [4.69, 9.17) is 32.7 Å². The molecule has 1 heterocycles. The first-order valence-corrected chi connectivity index (χ1v) is 12.0. The lowest BCUT2D eigenvalue weighted by Gasteiger charge is -2.37. The van der Waals surface area contributed by atoms with E-state index >= 15 is 0 Å². The van der Waals surface area contributed by atoms with E-state index in [1.165, 1.54) is 0 Å². The number of ether oxygens (including phenoxy) is 2. The summed E-state index contributed by atoms with van der Waals surface area (Å²) in [6.45, 7) is 6.04. The van der Waals surface area contributed by atoms with Gasteiger partial charge in [-0.25, -0.2) is 4.79 Å². The summed E-state index contributed by atoms with van der Waals surface area (Å²) in [5.74, 6) is 0.577. The Morgan fingerprint density at radius 1 is 1.12 bits per heavy atom. The van der Waals surface area contributed by atoms with E-state index in [0.717, 1.165) is 29.5 Å². The molecule has 0 aromatic heterocycles. The zero-order chi connectivity index (χ0) is 23.8. The monoisotopic (exact) mass is 487 g/mol.